The van der Waals surface area contributed by atoms with Crippen LogP contribution in [0.3, 0.4) is 0 Å². The van der Waals surface area contributed by atoms with Gasteiger partial charge in [-0.2, -0.15) is 5.26 Å². The first-order valence-electron chi connectivity index (χ1n) is 6.08. The van der Waals surface area contributed by atoms with E-state index in [4.69, 9.17) is 10.00 Å². The number of carbonyl (C=O) groups excluding carboxylic acids is 2. The van der Waals surface area contributed by atoms with E-state index >= 15 is 0 Å². The Labute approximate surface area is 117 Å². The minimum absolute atomic E-state index is 0.157. The van der Waals surface area contributed by atoms with Gasteiger partial charge in [-0.3, -0.25) is 4.79 Å². The molecule has 0 fully saturated rings. The highest BCUT2D eigenvalue weighted by Gasteiger charge is 2.11. The number of Topliss-reactive ketones (excluding diaryl/α,β-unsaturated/α-hetero) is 1. The van der Waals surface area contributed by atoms with Gasteiger partial charge in [0.15, 0.2) is 5.78 Å². The van der Waals surface area contributed by atoms with Crippen molar-refractivity contribution in [1.82, 2.24) is 0 Å². The smallest absolute Gasteiger partial charge is 0.349 e. The lowest BCUT2D eigenvalue weighted by molar-refractivity contribution is -0.143. The number of carbonyl (C=O) groups is 2. The zero-order valence-corrected chi connectivity index (χ0v) is 11.4. The Balaban J connectivity index is 2.80. The van der Waals surface area contributed by atoms with Crippen LogP contribution in [0.25, 0.3) is 6.08 Å². The fourth-order valence-corrected chi connectivity index (χ4v) is 1.38. The van der Waals surface area contributed by atoms with Crippen LogP contribution in [0.5, 0.6) is 5.75 Å². The summed E-state index contributed by atoms with van der Waals surface area (Å²) < 4.78 is 9.98. The normalized spacial score (nSPS) is 10.6. The number of hydrogen-bond acceptors (Lipinski definition) is 5. The molecule has 104 valence electrons. The van der Waals surface area contributed by atoms with Crippen LogP contribution in [0.1, 0.15) is 19.4 Å². The molecule has 0 bridgehead atoms. The average molecular weight is 273 g/mol. The molecule has 0 aliphatic rings. The first-order chi connectivity index (χ1) is 9.56. The zero-order chi connectivity index (χ0) is 15.0. The number of nitriles is 1. The van der Waals surface area contributed by atoms with Crippen molar-refractivity contribution >= 4 is 17.8 Å². The van der Waals surface area contributed by atoms with Gasteiger partial charge < -0.3 is 9.47 Å². The van der Waals surface area contributed by atoms with E-state index in [1.54, 1.807) is 30.3 Å². The predicted octanol–water partition coefficient (Wildman–Crippen LogP) is 2.12. The van der Waals surface area contributed by atoms with Gasteiger partial charge >= 0.3 is 5.97 Å². The average Bonchev–Trinajstić information content (AvgIpc) is 2.44. The second-order valence-electron chi connectivity index (χ2n) is 3.95. The molecule has 0 radical (unpaired) electrons. The molecule has 0 heterocycles. The molecule has 1 rings (SSSR count). The summed E-state index contributed by atoms with van der Waals surface area (Å²) in [6.45, 7) is 3.42. The van der Waals surface area contributed by atoms with Crippen LogP contribution in [0, 0.1) is 11.3 Å². The Morgan fingerprint density at radius 3 is 2.45 bits per heavy atom. The standard InChI is InChI=1S/C15H15NO4/c1-3-19-14-6-4-12(5-7-14)8-13(9-16)15(18)20-10-11(2)17/h4-8H,3,10H2,1-2H3/b13-8+. The molecule has 0 aromatic heterocycles. The Kier molecular flexibility index (Phi) is 5.98. The maximum Gasteiger partial charge on any atom is 0.349 e. The van der Waals surface area contributed by atoms with Gasteiger partial charge in [0.25, 0.3) is 0 Å². The monoisotopic (exact) mass is 273 g/mol. The number of hydrogen-bond donors (Lipinski definition) is 0. The number of nitrogens with zero attached hydrogens (tertiary/aromatic N) is 1. The molecule has 0 aliphatic heterocycles. The third-order valence-corrected chi connectivity index (χ3v) is 2.25. The molecule has 0 atom stereocenters. The number of benzene rings is 1. The molecule has 0 saturated heterocycles. The Bertz CT molecular complexity index is 552. The van der Waals surface area contributed by atoms with Gasteiger partial charge in [-0.05, 0) is 37.6 Å². The van der Waals surface area contributed by atoms with E-state index in [0.29, 0.717) is 17.9 Å². The van der Waals surface area contributed by atoms with E-state index in [-0.39, 0.29) is 18.0 Å². The second-order valence-corrected chi connectivity index (χ2v) is 3.95. The summed E-state index contributed by atoms with van der Waals surface area (Å²) in [5.41, 5.74) is 0.514. The highest BCUT2D eigenvalue weighted by Crippen LogP contribution is 2.14. The molecule has 0 spiro atoms. The molecule has 5 heteroatoms. The van der Waals surface area contributed by atoms with Crippen LogP contribution in [0.15, 0.2) is 29.8 Å². The predicted molar refractivity (Wildman–Crippen MR) is 72.8 cm³/mol. The van der Waals surface area contributed by atoms with Crippen molar-refractivity contribution in [2.45, 2.75) is 13.8 Å². The molecule has 1 aromatic rings. The van der Waals surface area contributed by atoms with E-state index in [0.717, 1.165) is 0 Å². The minimum Gasteiger partial charge on any atom is -0.494 e. The molecule has 5 nitrogen and oxygen atoms in total. The quantitative estimate of drug-likeness (QED) is 0.451. The van der Waals surface area contributed by atoms with Gasteiger partial charge in [-0.15, -0.1) is 0 Å². The summed E-state index contributed by atoms with van der Waals surface area (Å²) in [4.78, 5) is 22.3. The molecule has 0 amide bonds. The minimum atomic E-state index is -0.809. The Morgan fingerprint density at radius 1 is 1.30 bits per heavy atom. The fourth-order valence-electron chi connectivity index (χ4n) is 1.38. The summed E-state index contributed by atoms with van der Waals surface area (Å²) in [7, 11) is 0. The van der Waals surface area contributed by atoms with Crippen molar-refractivity contribution in [2.24, 2.45) is 0 Å². The molecule has 0 N–H and O–H groups in total. The van der Waals surface area contributed by atoms with Crippen molar-refractivity contribution in [1.29, 1.82) is 5.26 Å². The highest BCUT2D eigenvalue weighted by molar-refractivity contribution is 5.98. The van der Waals surface area contributed by atoms with Crippen LogP contribution in [-0.2, 0) is 14.3 Å². The Hall–Kier alpha value is -2.61. The Morgan fingerprint density at radius 2 is 1.95 bits per heavy atom. The van der Waals surface area contributed by atoms with E-state index in [1.165, 1.54) is 13.0 Å². The molecule has 1 aromatic carbocycles. The fraction of sp³-hybridized carbons (Fsp3) is 0.267. The molecular formula is C15H15NO4. The van der Waals surface area contributed by atoms with E-state index in [9.17, 15) is 9.59 Å². The number of ketones is 1. The van der Waals surface area contributed by atoms with Gasteiger partial charge in [0.2, 0.25) is 0 Å². The van der Waals surface area contributed by atoms with Crippen LogP contribution in [0.4, 0.5) is 0 Å². The maximum absolute atomic E-state index is 11.6. The van der Waals surface area contributed by atoms with Gasteiger partial charge in [0.1, 0.15) is 24.0 Å². The van der Waals surface area contributed by atoms with Gasteiger partial charge in [0.05, 0.1) is 6.61 Å². The lowest BCUT2D eigenvalue weighted by Crippen LogP contribution is -2.12. The largest absolute Gasteiger partial charge is 0.494 e. The van der Waals surface area contributed by atoms with Gasteiger partial charge in [0, 0.05) is 0 Å². The number of rotatable bonds is 6. The van der Waals surface area contributed by atoms with Crippen LogP contribution >= 0.6 is 0 Å². The lowest BCUT2D eigenvalue weighted by Gasteiger charge is -2.03. The van der Waals surface area contributed by atoms with Crippen molar-refractivity contribution in [3.8, 4) is 11.8 Å². The van der Waals surface area contributed by atoms with E-state index < -0.39 is 5.97 Å². The zero-order valence-electron chi connectivity index (χ0n) is 11.4. The summed E-state index contributed by atoms with van der Waals surface area (Å²) >= 11 is 0. The van der Waals surface area contributed by atoms with Crippen molar-refractivity contribution in [3.05, 3.63) is 35.4 Å². The SMILES string of the molecule is CCOc1ccc(/C=C(\C#N)C(=O)OCC(C)=O)cc1. The molecule has 20 heavy (non-hydrogen) atoms. The van der Waals surface area contributed by atoms with Crippen LogP contribution < -0.4 is 4.74 Å². The summed E-state index contributed by atoms with van der Waals surface area (Å²) in [6, 6.07) is 8.69. The molecular weight excluding hydrogens is 258 g/mol. The van der Waals surface area contributed by atoms with Gasteiger partial charge in [-0.25, -0.2) is 4.79 Å². The molecule has 0 unspecified atom stereocenters. The topological polar surface area (TPSA) is 76.4 Å². The first kappa shape index (κ1) is 15.4. The van der Waals surface area contributed by atoms with E-state index in [1.807, 2.05) is 6.92 Å². The lowest BCUT2D eigenvalue weighted by atomic mass is 10.1. The van der Waals surface area contributed by atoms with Crippen molar-refractivity contribution in [2.75, 3.05) is 13.2 Å². The van der Waals surface area contributed by atoms with Crippen LogP contribution in [-0.4, -0.2) is 25.0 Å². The van der Waals surface area contributed by atoms with Crippen molar-refractivity contribution < 1.29 is 19.1 Å². The second kappa shape index (κ2) is 7.74. The summed E-state index contributed by atoms with van der Waals surface area (Å²) in [5, 5.41) is 8.93. The van der Waals surface area contributed by atoms with Gasteiger partial charge in [-0.1, -0.05) is 12.1 Å². The summed E-state index contributed by atoms with van der Waals surface area (Å²) in [6.07, 6.45) is 1.40. The number of esters is 1. The molecule has 0 saturated carbocycles. The van der Waals surface area contributed by atoms with Crippen molar-refractivity contribution in [3.63, 3.8) is 0 Å². The first-order valence-corrected chi connectivity index (χ1v) is 6.08. The molecule has 0 aliphatic carbocycles. The highest BCUT2D eigenvalue weighted by atomic mass is 16.5. The number of ether oxygens (including phenoxy) is 2. The third kappa shape index (κ3) is 4.94. The summed E-state index contributed by atoms with van der Waals surface area (Å²) in [5.74, 6) is -0.379. The maximum atomic E-state index is 11.6. The van der Waals surface area contributed by atoms with E-state index in [2.05, 4.69) is 4.74 Å². The third-order valence-electron chi connectivity index (χ3n) is 2.25. The van der Waals surface area contributed by atoms with Crippen LogP contribution in [0.2, 0.25) is 0 Å².